The summed E-state index contributed by atoms with van der Waals surface area (Å²) in [6.45, 7) is 4.00. The summed E-state index contributed by atoms with van der Waals surface area (Å²) in [7, 11) is 0. The quantitative estimate of drug-likeness (QED) is 0.179. The van der Waals surface area contributed by atoms with Crippen LogP contribution in [0.15, 0.2) is 85.2 Å². The fraction of sp³-hybridized carbons (Fsp3) is 0.188. The highest BCUT2D eigenvalue weighted by Gasteiger charge is 2.18. The number of fused-ring (bicyclic) bond motifs is 2. The lowest BCUT2D eigenvalue weighted by molar-refractivity contribution is 0.466. The number of aromatic nitrogens is 5. The van der Waals surface area contributed by atoms with Crippen molar-refractivity contribution in [2.45, 2.75) is 25.8 Å². The molecule has 41 heavy (non-hydrogen) atoms. The Kier molecular flexibility index (Phi) is 6.62. The zero-order valence-corrected chi connectivity index (χ0v) is 22.7. The predicted octanol–water partition coefficient (Wildman–Crippen LogP) is 6.58. The van der Waals surface area contributed by atoms with Crippen LogP contribution in [0.5, 0.6) is 11.6 Å². The van der Waals surface area contributed by atoms with E-state index < -0.39 is 0 Å². The molecule has 9 heteroatoms. The molecule has 204 valence electrons. The van der Waals surface area contributed by atoms with Gasteiger partial charge >= 0.3 is 0 Å². The van der Waals surface area contributed by atoms with Crippen LogP contribution in [0, 0.1) is 6.92 Å². The van der Waals surface area contributed by atoms with Gasteiger partial charge in [-0.25, -0.2) is 19.9 Å². The molecule has 0 radical (unpaired) electrons. The van der Waals surface area contributed by atoms with E-state index >= 15 is 0 Å². The summed E-state index contributed by atoms with van der Waals surface area (Å²) in [5.41, 5.74) is 5.35. The number of pyridine rings is 1. The minimum atomic E-state index is 0.310. The summed E-state index contributed by atoms with van der Waals surface area (Å²) in [6, 6.07) is 24.3. The average molecular weight is 543 g/mol. The van der Waals surface area contributed by atoms with Crippen molar-refractivity contribution in [1.82, 2.24) is 30.2 Å². The SMILES string of the molecule is Cc1cc(Nc2nc3ccccc3[nH]2)c2ccccc2c1Oc1ncccc1-c1ccnc(N[C@H]2CCCNC2)n1. The van der Waals surface area contributed by atoms with E-state index in [1.54, 1.807) is 12.4 Å². The Hall–Kier alpha value is -5.02. The monoisotopic (exact) mass is 542 g/mol. The van der Waals surface area contributed by atoms with Gasteiger partial charge in [0.25, 0.3) is 0 Å². The number of piperidine rings is 1. The molecule has 4 heterocycles. The van der Waals surface area contributed by atoms with E-state index in [2.05, 4.69) is 49.1 Å². The first kappa shape index (κ1) is 25.0. The fourth-order valence-corrected chi connectivity index (χ4v) is 5.37. The Balaban J connectivity index is 1.22. The largest absolute Gasteiger partial charge is 0.437 e. The van der Waals surface area contributed by atoms with Crippen LogP contribution in [-0.4, -0.2) is 44.1 Å². The van der Waals surface area contributed by atoms with Gasteiger partial charge in [-0.2, -0.15) is 0 Å². The predicted molar refractivity (Wildman–Crippen MR) is 163 cm³/mol. The lowest BCUT2D eigenvalue weighted by Gasteiger charge is -2.23. The second-order valence-corrected chi connectivity index (χ2v) is 10.3. The lowest BCUT2D eigenvalue weighted by atomic mass is 10.0. The van der Waals surface area contributed by atoms with Crippen LogP contribution in [0.3, 0.4) is 0 Å². The van der Waals surface area contributed by atoms with Crippen molar-refractivity contribution >= 4 is 39.4 Å². The number of hydrogen-bond donors (Lipinski definition) is 4. The minimum absolute atomic E-state index is 0.310. The first-order valence-electron chi connectivity index (χ1n) is 13.9. The maximum absolute atomic E-state index is 6.60. The normalized spacial score (nSPS) is 15.2. The molecule has 4 N–H and O–H groups in total. The Bertz CT molecular complexity index is 1810. The van der Waals surface area contributed by atoms with Gasteiger partial charge in [-0.3, -0.25) is 0 Å². The van der Waals surface area contributed by atoms with Gasteiger partial charge in [0.15, 0.2) is 0 Å². The molecule has 3 aromatic carbocycles. The summed E-state index contributed by atoms with van der Waals surface area (Å²) in [6.07, 6.45) is 5.74. The van der Waals surface area contributed by atoms with E-state index in [0.29, 0.717) is 23.8 Å². The van der Waals surface area contributed by atoms with Crippen LogP contribution in [0.2, 0.25) is 0 Å². The maximum Gasteiger partial charge on any atom is 0.228 e. The van der Waals surface area contributed by atoms with E-state index in [1.807, 2.05) is 61.5 Å². The maximum atomic E-state index is 6.60. The highest BCUT2D eigenvalue weighted by Crippen LogP contribution is 2.40. The number of hydrogen-bond acceptors (Lipinski definition) is 8. The molecule has 6 aromatic rings. The molecule has 1 atom stereocenters. The highest BCUT2D eigenvalue weighted by atomic mass is 16.5. The number of H-pyrrole nitrogens is 1. The first-order chi connectivity index (χ1) is 20.2. The van der Waals surface area contributed by atoms with Crippen molar-refractivity contribution in [1.29, 1.82) is 0 Å². The second kappa shape index (κ2) is 10.9. The summed E-state index contributed by atoms with van der Waals surface area (Å²) < 4.78 is 6.60. The smallest absolute Gasteiger partial charge is 0.228 e. The van der Waals surface area contributed by atoms with Gasteiger partial charge in [0.05, 0.1) is 22.3 Å². The fourth-order valence-electron chi connectivity index (χ4n) is 5.37. The molecule has 7 rings (SSSR count). The van der Waals surface area contributed by atoms with Gasteiger partial charge in [0.1, 0.15) is 5.75 Å². The number of anilines is 3. The summed E-state index contributed by atoms with van der Waals surface area (Å²) in [5.74, 6) is 2.53. The van der Waals surface area contributed by atoms with Crippen molar-refractivity contribution in [3.63, 3.8) is 0 Å². The minimum Gasteiger partial charge on any atom is -0.437 e. The van der Waals surface area contributed by atoms with Crippen molar-refractivity contribution in [2.75, 3.05) is 23.7 Å². The molecule has 1 saturated heterocycles. The molecule has 1 aliphatic rings. The molecule has 0 unspecified atom stereocenters. The molecule has 0 aliphatic carbocycles. The van der Waals surface area contributed by atoms with Crippen molar-refractivity contribution in [3.8, 4) is 22.9 Å². The molecule has 1 aliphatic heterocycles. The Morgan fingerprint density at radius 1 is 0.902 bits per heavy atom. The molecule has 9 nitrogen and oxygen atoms in total. The van der Waals surface area contributed by atoms with E-state index in [0.717, 1.165) is 76.0 Å². The number of nitrogens with zero attached hydrogens (tertiary/aromatic N) is 4. The summed E-state index contributed by atoms with van der Waals surface area (Å²) in [4.78, 5) is 21.9. The molecule has 1 fully saturated rings. The molecular formula is C32H30N8O. The third-order valence-electron chi connectivity index (χ3n) is 7.35. The molecule has 0 spiro atoms. The van der Waals surface area contributed by atoms with Crippen LogP contribution in [0.1, 0.15) is 18.4 Å². The average Bonchev–Trinajstić information content (AvgIpc) is 3.42. The van der Waals surface area contributed by atoms with Crippen molar-refractivity contribution in [2.24, 2.45) is 0 Å². The van der Waals surface area contributed by atoms with Gasteiger partial charge in [0, 0.05) is 41.4 Å². The third-order valence-corrected chi connectivity index (χ3v) is 7.35. The first-order valence-corrected chi connectivity index (χ1v) is 13.9. The molecule has 0 bridgehead atoms. The number of aryl methyl sites for hydroxylation is 1. The standard InChI is InChI=1S/C32H30N8O/c1-20-18-28(40-32-38-26-12-4-5-13-27(26)39-32)22-9-2-3-10-23(22)29(20)41-30-24(11-7-16-34-30)25-14-17-35-31(37-25)36-21-8-6-15-33-19-21/h2-5,7,9-14,16-18,21,33H,6,8,15,19H2,1H3,(H,35,36,37)(H2,38,39,40)/t21-/m0/s1. The number of ether oxygens (including phenoxy) is 1. The summed E-state index contributed by atoms with van der Waals surface area (Å²) in [5, 5.41) is 12.4. The molecule has 0 saturated carbocycles. The number of rotatable bonds is 7. The van der Waals surface area contributed by atoms with E-state index in [9.17, 15) is 0 Å². The number of imidazole rings is 1. The van der Waals surface area contributed by atoms with Gasteiger partial charge < -0.3 is 25.7 Å². The van der Waals surface area contributed by atoms with Crippen LogP contribution in [-0.2, 0) is 0 Å². The topological polar surface area (TPSA) is 113 Å². The van der Waals surface area contributed by atoms with Crippen LogP contribution >= 0.6 is 0 Å². The third kappa shape index (κ3) is 5.15. The van der Waals surface area contributed by atoms with Gasteiger partial charge in [-0.1, -0.05) is 36.4 Å². The summed E-state index contributed by atoms with van der Waals surface area (Å²) >= 11 is 0. The van der Waals surface area contributed by atoms with Crippen LogP contribution in [0.4, 0.5) is 17.6 Å². The molecule has 0 amide bonds. The zero-order valence-electron chi connectivity index (χ0n) is 22.7. The van der Waals surface area contributed by atoms with Crippen LogP contribution in [0.25, 0.3) is 33.1 Å². The van der Waals surface area contributed by atoms with Crippen molar-refractivity contribution < 1.29 is 4.74 Å². The molecular weight excluding hydrogens is 512 g/mol. The van der Waals surface area contributed by atoms with Gasteiger partial charge in [-0.15, -0.1) is 0 Å². The van der Waals surface area contributed by atoms with E-state index in [1.165, 1.54) is 0 Å². The second-order valence-electron chi connectivity index (χ2n) is 10.3. The van der Waals surface area contributed by atoms with Crippen molar-refractivity contribution in [3.05, 3.63) is 90.8 Å². The van der Waals surface area contributed by atoms with Gasteiger partial charge in [0.2, 0.25) is 17.8 Å². The number of aromatic amines is 1. The number of benzene rings is 3. The van der Waals surface area contributed by atoms with E-state index in [4.69, 9.17) is 14.7 Å². The Morgan fingerprint density at radius 3 is 2.66 bits per heavy atom. The lowest BCUT2D eigenvalue weighted by Crippen LogP contribution is -2.38. The Morgan fingerprint density at radius 2 is 1.78 bits per heavy atom. The van der Waals surface area contributed by atoms with Crippen LogP contribution < -0.4 is 20.7 Å². The number of para-hydroxylation sites is 2. The number of nitrogens with one attached hydrogen (secondary N) is 4. The molecule has 3 aromatic heterocycles. The van der Waals surface area contributed by atoms with E-state index in [-0.39, 0.29) is 0 Å². The zero-order chi connectivity index (χ0) is 27.6. The van der Waals surface area contributed by atoms with Gasteiger partial charge in [-0.05, 0) is 68.3 Å². The highest BCUT2D eigenvalue weighted by molar-refractivity contribution is 6.00. The Labute approximate surface area is 237 Å².